The molecule has 0 bridgehead atoms. The van der Waals surface area contributed by atoms with Crippen LogP contribution in [0, 0.1) is 5.92 Å². The lowest BCUT2D eigenvalue weighted by Gasteiger charge is -2.33. The lowest BCUT2D eigenvalue weighted by molar-refractivity contribution is -0.123. The second kappa shape index (κ2) is 3.73. The monoisotopic (exact) mass is 196 g/mol. The number of aliphatic hydroxyl groups excluding tert-OH is 1. The molecule has 0 aromatic carbocycles. The molecule has 0 saturated carbocycles. The van der Waals surface area contributed by atoms with Gasteiger partial charge in [-0.3, -0.25) is 4.79 Å². The second-order valence-corrected chi connectivity index (χ2v) is 4.03. The van der Waals surface area contributed by atoms with E-state index in [0.717, 1.165) is 30.6 Å². The lowest BCUT2D eigenvalue weighted by atomic mass is 9.82. The van der Waals surface area contributed by atoms with E-state index in [9.17, 15) is 9.90 Å². The maximum absolute atomic E-state index is 11.7. The van der Waals surface area contributed by atoms with E-state index in [1.807, 2.05) is 0 Å². The van der Waals surface area contributed by atoms with Gasteiger partial charge in [-0.1, -0.05) is 6.92 Å². The van der Waals surface area contributed by atoms with E-state index >= 15 is 0 Å². The first kappa shape index (κ1) is 9.71. The number of rotatable bonds is 1. The van der Waals surface area contributed by atoms with Gasteiger partial charge in [-0.15, -0.1) is 0 Å². The van der Waals surface area contributed by atoms with Crippen LogP contribution in [-0.4, -0.2) is 17.2 Å². The number of allylic oxidation sites excluding steroid dienone is 2. The molecule has 1 unspecified atom stereocenters. The molecule has 2 aliphatic rings. The number of ketones is 1. The summed E-state index contributed by atoms with van der Waals surface area (Å²) in [5.41, 5.74) is 0.865. The molecule has 0 fully saturated rings. The highest BCUT2D eigenvalue weighted by Crippen LogP contribution is 2.37. The van der Waals surface area contributed by atoms with Gasteiger partial charge in [-0.2, -0.15) is 0 Å². The Hall–Kier alpha value is -0.830. The summed E-state index contributed by atoms with van der Waals surface area (Å²) >= 11 is 0. The molecule has 0 aromatic rings. The van der Waals surface area contributed by atoms with Crippen LogP contribution >= 0.6 is 0 Å². The Bertz CT molecular complexity index is 280. The molecule has 1 heterocycles. The summed E-state index contributed by atoms with van der Waals surface area (Å²) in [5.74, 6) is 1.19. The van der Waals surface area contributed by atoms with Gasteiger partial charge in [0, 0.05) is 24.8 Å². The van der Waals surface area contributed by atoms with E-state index < -0.39 is 6.29 Å². The quantitative estimate of drug-likeness (QED) is 0.695. The molecule has 0 aromatic heterocycles. The molecule has 78 valence electrons. The molecule has 1 aliphatic carbocycles. The van der Waals surface area contributed by atoms with Crippen molar-refractivity contribution in [1.29, 1.82) is 0 Å². The topological polar surface area (TPSA) is 46.5 Å². The lowest BCUT2D eigenvalue weighted by Crippen LogP contribution is -2.30. The predicted molar refractivity (Wildman–Crippen MR) is 51.4 cm³/mol. The van der Waals surface area contributed by atoms with Crippen LogP contribution in [-0.2, 0) is 9.53 Å². The Morgan fingerprint density at radius 2 is 2.29 bits per heavy atom. The zero-order chi connectivity index (χ0) is 10.1. The van der Waals surface area contributed by atoms with Gasteiger partial charge in [0.15, 0.2) is 12.1 Å². The van der Waals surface area contributed by atoms with Crippen LogP contribution in [0.2, 0.25) is 0 Å². The zero-order valence-electron chi connectivity index (χ0n) is 8.45. The van der Waals surface area contributed by atoms with Crippen LogP contribution < -0.4 is 0 Å². The first-order chi connectivity index (χ1) is 6.72. The minimum Gasteiger partial charge on any atom is -0.469 e. The summed E-state index contributed by atoms with van der Waals surface area (Å²) in [6.07, 6.45) is 3.10. The van der Waals surface area contributed by atoms with Gasteiger partial charge in [-0.05, 0) is 18.8 Å². The van der Waals surface area contributed by atoms with Crippen molar-refractivity contribution in [3.8, 4) is 0 Å². The van der Waals surface area contributed by atoms with Gasteiger partial charge in [-0.25, -0.2) is 0 Å². The molecule has 0 spiro atoms. The fraction of sp³-hybridized carbons (Fsp3) is 0.727. The standard InChI is InChI=1S/C11H16O3/c1-2-7-6-10(13)14-9-5-3-4-8(12)11(7)9/h7,10,13H,2-6H2,1H3/t7-,10?/m0/s1. The molecule has 2 atom stereocenters. The number of hydrogen-bond donors (Lipinski definition) is 1. The normalized spacial score (nSPS) is 32.6. The Balaban J connectivity index is 2.32. The smallest absolute Gasteiger partial charge is 0.197 e. The van der Waals surface area contributed by atoms with Crippen molar-refractivity contribution < 1.29 is 14.6 Å². The average molecular weight is 196 g/mol. The van der Waals surface area contributed by atoms with Crippen molar-refractivity contribution >= 4 is 5.78 Å². The minimum atomic E-state index is -0.704. The summed E-state index contributed by atoms with van der Waals surface area (Å²) in [4.78, 5) is 11.7. The third kappa shape index (κ3) is 1.57. The van der Waals surface area contributed by atoms with E-state index in [0.29, 0.717) is 12.8 Å². The highest BCUT2D eigenvalue weighted by Gasteiger charge is 2.34. The van der Waals surface area contributed by atoms with Crippen molar-refractivity contribution in [3.05, 3.63) is 11.3 Å². The summed E-state index contributed by atoms with van der Waals surface area (Å²) in [6.45, 7) is 2.05. The maximum atomic E-state index is 11.7. The molecule has 0 radical (unpaired) electrons. The van der Waals surface area contributed by atoms with Crippen LogP contribution in [0.1, 0.15) is 39.0 Å². The summed E-state index contributed by atoms with van der Waals surface area (Å²) in [5, 5.41) is 9.47. The van der Waals surface area contributed by atoms with Gasteiger partial charge in [0.1, 0.15) is 5.76 Å². The first-order valence-corrected chi connectivity index (χ1v) is 5.33. The van der Waals surface area contributed by atoms with Crippen LogP contribution in [0.3, 0.4) is 0 Å². The number of carbonyl (C=O) groups is 1. The number of hydrogen-bond acceptors (Lipinski definition) is 3. The van der Waals surface area contributed by atoms with Crippen molar-refractivity contribution in [2.75, 3.05) is 0 Å². The fourth-order valence-electron chi connectivity index (χ4n) is 2.36. The summed E-state index contributed by atoms with van der Waals surface area (Å²) in [7, 11) is 0. The Kier molecular flexibility index (Phi) is 2.59. The van der Waals surface area contributed by atoms with Gasteiger partial charge in [0.05, 0.1) is 0 Å². The third-order valence-electron chi connectivity index (χ3n) is 3.07. The molecule has 1 aliphatic heterocycles. The van der Waals surface area contributed by atoms with Gasteiger partial charge in [0.2, 0.25) is 0 Å². The Morgan fingerprint density at radius 1 is 1.50 bits per heavy atom. The molecule has 0 amide bonds. The Labute approximate surface area is 83.8 Å². The van der Waals surface area contributed by atoms with E-state index in [2.05, 4.69) is 6.92 Å². The van der Waals surface area contributed by atoms with E-state index in [4.69, 9.17) is 4.74 Å². The van der Waals surface area contributed by atoms with Gasteiger partial charge in [0.25, 0.3) is 0 Å². The van der Waals surface area contributed by atoms with Crippen LogP contribution in [0.15, 0.2) is 11.3 Å². The molecular formula is C11H16O3. The van der Waals surface area contributed by atoms with Crippen molar-refractivity contribution in [2.24, 2.45) is 5.92 Å². The predicted octanol–water partition coefficient (Wildman–Crippen LogP) is 1.76. The number of aliphatic hydroxyl groups is 1. The van der Waals surface area contributed by atoms with Crippen LogP contribution in [0.25, 0.3) is 0 Å². The molecule has 14 heavy (non-hydrogen) atoms. The maximum Gasteiger partial charge on any atom is 0.197 e. The molecule has 0 saturated heterocycles. The fourth-order valence-corrected chi connectivity index (χ4v) is 2.36. The molecule has 1 N–H and O–H groups in total. The largest absolute Gasteiger partial charge is 0.469 e. The SMILES string of the molecule is CC[C@H]1CC(O)OC2=C1C(=O)CCC2. The Morgan fingerprint density at radius 3 is 3.00 bits per heavy atom. The van der Waals surface area contributed by atoms with E-state index in [-0.39, 0.29) is 11.7 Å². The molecule has 2 rings (SSSR count). The van der Waals surface area contributed by atoms with Crippen LogP contribution in [0.5, 0.6) is 0 Å². The van der Waals surface area contributed by atoms with Crippen molar-refractivity contribution in [1.82, 2.24) is 0 Å². The molecule has 3 heteroatoms. The average Bonchev–Trinajstić information content (AvgIpc) is 2.16. The van der Waals surface area contributed by atoms with Crippen LogP contribution in [0.4, 0.5) is 0 Å². The summed E-state index contributed by atoms with van der Waals surface area (Å²) < 4.78 is 5.31. The van der Waals surface area contributed by atoms with Gasteiger partial charge < -0.3 is 9.84 Å². The first-order valence-electron chi connectivity index (χ1n) is 5.33. The highest BCUT2D eigenvalue weighted by molar-refractivity contribution is 5.97. The zero-order valence-corrected chi connectivity index (χ0v) is 8.45. The number of Topliss-reactive ketones (excluding diaryl/α,β-unsaturated/α-hetero) is 1. The minimum absolute atomic E-state index is 0.210. The third-order valence-corrected chi connectivity index (χ3v) is 3.07. The van der Waals surface area contributed by atoms with E-state index in [1.165, 1.54) is 0 Å². The molecule has 3 nitrogen and oxygen atoms in total. The van der Waals surface area contributed by atoms with Gasteiger partial charge >= 0.3 is 0 Å². The number of carbonyl (C=O) groups excluding carboxylic acids is 1. The number of ether oxygens (including phenoxy) is 1. The molecular weight excluding hydrogens is 180 g/mol. The van der Waals surface area contributed by atoms with Crippen molar-refractivity contribution in [2.45, 2.75) is 45.3 Å². The van der Waals surface area contributed by atoms with Crippen molar-refractivity contribution in [3.63, 3.8) is 0 Å². The highest BCUT2D eigenvalue weighted by atomic mass is 16.6. The second-order valence-electron chi connectivity index (χ2n) is 4.03. The van der Waals surface area contributed by atoms with E-state index in [1.54, 1.807) is 0 Å². The summed E-state index contributed by atoms with van der Waals surface area (Å²) in [6, 6.07) is 0.